The molecular weight excluding hydrogens is 336 g/mol. The summed E-state index contributed by atoms with van der Waals surface area (Å²) in [5.74, 6) is 0.823. The summed E-state index contributed by atoms with van der Waals surface area (Å²) >= 11 is 0. The molecule has 2 atom stereocenters. The number of anilines is 1. The summed E-state index contributed by atoms with van der Waals surface area (Å²) < 4.78 is 33.5. The van der Waals surface area contributed by atoms with Gasteiger partial charge in [-0.2, -0.15) is 0 Å². The van der Waals surface area contributed by atoms with Gasteiger partial charge >= 0.3 is 0 Å². The molecule has 3 rings (SSSR count). The predicted octanol–water partition coefficient (Wildman–Crippen LogP) is 3.30. The van der Waals surface area contributed by atoms with Crippen LogP contribution in [0, 0.1) is 0 Å². The molecule has 0 amide bonds. The second kappa shape index (κ2) is 7.96. The van der Waals surface area contributed by atoms with Gasteiger partial charge in [0.25, 0.3) is 0 Å². The maximum absolute atomic E-state index is 12.2. The summed E-state index contributed by atoms with van der Waals surface area (Å²) in [6, 6.07) is 8.10. The van der Waals surface area contributed by atoms with Gasteiger partial charge in [-0.25, -0.2) is 13.1 Å². The fourth-order valence-electron chi connectivity index (χ4n) is 3.61. The number of hydrogen-bond acceptors (Lipinski definition) is 4. The lowest BCUT2D eigenvalue weighted by Gasteiger charge is -2.33. The lowest BCUT2D eigenvalue weighted by Crippen LogP contribution is -2.49. The fourth-order valence-corrected chi connectivity index (χ4v) is 4.57. The zero-order valence-corrected chi connectivity index (χ0v) is 16.1. The molecule has 0 radical (unpaired) electrons. The van der Waals surface area contributed by atoms with Crippen LogP contribution < -0.4 is 14.4 Å². The summed E-state index contributed by atoms with van der Waals surface area (Å²) in [6.45, 7) is 5.67. The Morgan fingerprint density at radius 3 is 2.32 bits per heavy atom. The molecule has 1 N–H and O–H groups in total. The van der Waals surface area contributed by atoms with E-state index in [1.54, 1.807) is 13.8 Å². The van der Waals surface area contributed by atoms with Crippen molar-refractivity contribution in [2.24, 2.45) is 0 Å². The van der Waals surface area contributed by atoms with Gasteiger partial charge in [-0.3, -0.25) is 0 Å². The van der Waals surface area contributed by atoms with E-state index in [1.807, 2.05) is 12.1 Å². The first-order chi connectivity index (χ1) is 12.0. The maximum atomic E-state index is 12.2. The predicted molar refractivity (Wildman–Crippen MR) is 102 cm³/mol. The number of nitrogens with zero attached hydrogens (tertiary/aromatic N) is 1. The number of ether oxygens (including phenoxy) is 1. The quantitative estimate of drug-likeness (QED) is 0.839. The van der Waals surface area contributed by atoms with Crippen LogP contribution in [0.3, 0.4) is 0 Å². The number of benzene rings is 1. The first-order valence-electron chi connectivity index (χ1n) is 9.48. The van der Waals surface area contributed by atoms with Crippen molar-refractivity contribution >= 4 is 15.7 Å². The lowest BCUT2D eigenvalue weighted by atomic mass is 9.93. The fraction of sp³-hybridized carbons (Fsp3) is 0.684. The Morgan fingerprint density at radius 2 is 1.68 bits per heavy atom. The number of nitrogens with one attached hydrogen (secondary N) is 1. The van der Waals surface area contributed by atoms with Crippen molar-refractivity contribution in [1.82, 2.24) is 4.72 Å². The topological polar surface area (TPSA) is 58.6 Å². The molecule has 2 aliphatic rings. The summed E-state index contributed by atoms with van der Waals surface area (Å²) in [5, 5.41) is -0.421. The zero-order valence-electron chi connectivity index (χ0n) is 15.3. The van der Waals surface area contributed by atoms with E-state index in [-0.39, 0.29) is 12.1 Å². The van der Waals surface area contributed by atoms with E-state index in [4.69, 9.17) is 4.74 Å². The molecule has 0 spiro atoms. The molecule has 1 aliphatic heterocycles. The molecule has 5 nitrogen and oxygen atoms in total. The highest BCUT2D eigenvalue weighted by Crippen LogP contribution is 2.27. The molecular formula is C19H30N2O3S. The van der Waals surface area contributed by atoms with Crippen molar-refractivity contribution in [1.29, 1.82) is 0 Å². The maximum Gasteiger partial charge on any atom is 0.214 e. The van der Waals surface area contributed by atoms with Gasteiger partial charge in [-0.05, 0) is 70.2 Å². The second-order valence-corrected chi connectivity index (χ2v) is 9.72. The minimum Gasteiger partial charge on any atom is -0.489 e. The third kappa shape index (κ3) is 4.67. The van der Waals surface area contributed by atoms with E-state index in [2.05, 4.69) is 21.8 Å². The molecule has 1 saturated heterocycles. The smallest absolute Gasteiger partial charge is 0.214 e. The van der Waals surface area contributed by atoms with Crippen LogP contribution in [-0.4, -0.2) is 38.9 Å². The summed E-state index contributed by atoms with van der Waals surface area (Å²) in [5.41, 5.74) is 1.24. The van der Waals surface area contributed by atoms with Crippen LogP contribution in [-0.2, 0) is 10.0 Å². The van der Waals surface area contributed by atoms with Gasteiger partial charge in [0, 0.05) is 18.8 Å². The van der Waals surface area contributed by atoms with E-state index in [1.165, 1.54) is 18.5 Å². The van der Waals surface area contributed by atoms with Crippen LogP contribution in [0.1, 0.15) is 52.4 Å². The van der Waals surface area contributed by atoms with Crippen LogP contribution in [0.2, 0.25) is 0 Å². The van der Waals surface area contributed by atoms with Crippen molar-refractivity contribution in [3.8, 4) is 5.75 Å². The average Bonchev–Trinajstić information content (AvgIpc) is 3.11. The molecule has 0 aromatic heterocycles. The minimum atomic E-state index is -3.28. The molecule has 6 heteroatoms. The third-order valence-corrected chi connectivity index (χ3v) is 7.11. The SMILES string of the molecule is CC(C)S(=O)(=O)N[C@H]1CCCC[C@H]1Oc1ccc(N2CCCC2)cc1. The molecule has 0 bridgehead atoms. The van der Waals surface area contributed by atoms with Crippen LogP contribution in [0.25, 0.3) is 0 Å². The minimum absolute atomic E-state index is 0.0973. The van der Waals surface area contributed by atoms with Gasteiger partial charge in [0.15, 0.2) is 0 Å². The van der Waals surface area contributed by atoms with Crippen molar-refractivity contribution in [2.45, 2.75) is 69.8 Å². The number of hydrogen-bond donors (Lipinski definition) is 1. The van der Waals surface area contributed by atoms with Gasteiger partial charge in [0.1, 0.15) is 11.9 Å². The zero-order chi connectivity index (χ0) is 17.9. The summed E-state index contributed by atoms with van der Waals surface area (Å²) in [4.78, 5) is 2.39. The summed E-state index contributed by atoms with van der Waals surface area (Å²) in [7, 11) is -3.28. The molecule has 1 aromatic carbocycles. The standard InChI is InChI=1S/C19H30N2O3S/c1-15(2)25(22,23)20-18-7-3-4-8-19(18)24-17-11-9-16(10-12-17)21-13-5-6-14-21/h9-12,15,18-20H,3-8,13-14H2,1-2H3/t18-,19+/m0/s1. The first kappa shape index (κ1) is 18.5. The molecule has 0 unspecified atom stereocenters. The Morgan fingerprint density at radius 1 is 1.04 bits per heavy atom. The van der Waals surface area contributed by atoms with Gasteiger partial charge in [-0.15, -0.1) is 0 Å². The molecule has 25 heavy (non-hydrogen) atoms. The van der Waals surface area contributed by atoms with Crippen LogP contribution in [0.4, 0.5) is 5.69 Å². The Hall–Kier alpha value is -1.27. The normalized spacial score (nSPS) is 24.7. The molecule has 1 aromatic rings. The Bertz CT molecular complexity index is 652. The van der Waals surface area contributed by atoms with Crippen LogP contribution in [0.5, 0.6) is 5.75 Å². The first-order valence-corrected chi connectivity index (χ1v) is 11.0. The van der Waals surface area contributed by atoms with Crippen LogP contribution in [0.15, 0.2) is 24.3 Å². The summed E-state index contributed by atoms with van der Waals surface area (Å²) in [6.07, 6.45) is 6.27. The average molecular weight is 367 g/mol. The number of rotatable bonds is 6. The molecule has 2 fully saturated rings. The Kier molecular flexibility index (Phi) is 5.89. The largest absolute Gasteiger partial charge is 0.489 e. The van der Waals surface area contributed by atoms with Gasteiger partial charge in [-0.1, -0.05) is 6.42 Å². The van der Waals surface area contributed by atoms with E-state index in [0.717, 1.165) is 44.5 Å². The Balaban J connectivity index is 1.65. The van der Waals surface area contributed by atoms with E-state index in [0.29, 0.717) is 0 Å². The van der Waals surface area contributed by atoms with Crippen molar-refractivity contribution in [3.05, 3.63) is 24.3 Å². The van der Waals surface area contributed by atoms with E-state index >= 15 is 0 Å². The lowest BCUT2D eigenvalue weighted by molar-refractivity contribution is 0.124. The highest BCUT2D eigenvalue weighted by molar-refractivity contribution is 7.90. The van der Waals surface area contributed by atoms with Gasteiger partial charge in [0.2, 0.25) is 10.0 Å². The molecule has 140 valence electrons. The monoisotopic (exact) mass is 366 g/mol. The van der Waals surface area contributed by atoms with Crippen molar-refractivity contribution < 1.29 is 13.2 Å². The molecule has 1 saturated carbocycles. The van der Waals surface area contributed by atoms with Crippen LogP contribution >= 0.6 is 0 Å². The van der Waals surface area contributed by atoms with Gasteiger partial charge < -0.3 is 9.64 Å². The third-order valence-electron chi connectivity index (χ3n) is 5.23. The van der Waals surface area contributed by atoms with Gasteiger partial charge in [0.05, 0.1) is 11.3 Å². The molecule has 1 heterocycles. The van der Waals surface area contributed by atoms with E-state index in [9.17, 15) is 8.42 Å². The van der Waals surface area contributed by atoms with Crippen molar-refractivity contribution in [2.75, 3.05) is 18.0 Å². The van der Waals surface area contributed by atoms with Crippen molar-refractivity contribution in [3.63, 3.8) is 0 Å². The highest BCUT2D eigenvalue weighted by atomic mass is 32.2. The molecule has 1 aliphatic carbocycles. The second-order valence-electron chi connectivity index (χ2n) is 7.45. The number of sulfonamides is 1. The Labute approximate surface area is 151 Å². The van der Waals surface area contributed by atoms with E-state index < -0.39 is 15.3 Å². The highest BCUT2D eigenvalue weighted by Gasteiger charge is 2.31.